The Labute approximate surface area is 158 Å². The van der Waals surface area contributed by atoms with Crippen LogP contribution in [0, 0.1) is 0 Å². The summed E-state index contributed by atoms with van der Waals surface area (Å²) in [5, 5.41) is 9.40. The number of aliphatic carboxylic acids is 1. The number of fused-ring (bicyclic) bond motifs is 1. The van der Waals surface area contributed by atoms with Crippen LogP contribution in [0.1, 0.15) is 23.6 Å². The van der Waals surface area contributed by atoms with E-state index < -0.39 is 22.0 Å². The van der Waals surface area contributed by atoms with Gasteiger partial charge in [0, 0.05) is 6.54 Å². The monoisotopic (exact) mass is 391 g/mol. The second-order valence-electron chi connectivity index (χ2n) is 6.20. The van der Waals surface area contributed by atoms with Crippen molar-refractivity contribution in [2.24, 2.45) is 0 Å². The van der Waals surface area contributed by atoms with Crippen LogP contribution in [-0.4, -0.2) is 44.6 Å². The molecule has 0 radical (unpaired) electrons. The van der Waals surface area contributed by atoms with E-state index in [9.17, 15) is 18.3 Å². The van der Waals surface area contributed by atoms with Crippen LogP contribution in [0.2, 0.25) is 0 Å². The summed E-state index contributed by atoms with van der Waals surface area (Å²) in [5.41, 5.74) is 1.49. The zero-order chi connectivity index (χ0) is 19.6. The van der Waals surface area contributed by atoms with Gasteiger partial charge in [0.25, 0.3) is 0 Å². The molecule has 0 bridgehead atoms. The highest BCUT2D eigenvalue weighted by atomic mass is 32.2. The van der Waals surface area contributed by atoms with Gasteiger partial charge >= 0.3 is 5.97 Å². The van der Waals surface area contributed by atoms with Crippen molar-refractivity contribution >= 4 is 16.0 Å². The lowest BCUT2D eigenvalue weighted by molar-refractivity contribution is -0.138. The molecule has 1 N–H and O–H groups in total. The zero-order valence-corrected chi connectivity index (χ0v) is 15.9. The lowest BCUT2D eigenvalue weighted by Crippen LogP contribution is -2.41. The van der Waals surface area contributed by atoms with Crippen LogP contribution in [0.15, 0.2) is 47.4 Å². The third-order valence-electron chi connectivity index (χ3n) is 4.67. The van der Waals surface area contributed by atoms with Crippen molar-refractivity contribution in [2.45, 2.75) is 23.8 Å². The number of ether oxygens (including phenoxy) is 2. The molecule has 0 saturated carbocycles. The summed E-state index contributed by atoms with van der Waals surface area (Å²) in [7, 11) is -0.831. The molecule has 0 aliphatic carbocycles. The van der Waals surface area contributed by atoms with Gasteiger partial charge in [0.15, 0.2) is 11.5 Å². The molecule has 0 aromatic heterocycles. The molecule has 2 aromatic carbocycles. The van der Waals surface area contributed by atoms with E-state index in [4.69, 9.17) is 9.47 Å². The SMILES string of the molecule is COc1cc2c(cc1OC)C(CC(=O)O)N(S(=O)(=O)c1ccccc1)CC2. The highest BCUT2D eigenvalue weighted by Gasteiger charge is 2.38. The van der Waals surface area contributed by atoms with Crippen LogP contribution < -0.4 is 9.47 Å². The molecule has 0 saturated heterocycles. The Balaban J connectivity index is 2.11. The minimum Gasteiger partial charge on any atom is -0.493 e. The van der Waals surface area contributed by atoms with Crippen LogP contribution in [0.3, 0.4) is 0 Å². The Hall–Kier alpha value is -2.58. The van der Waals surface area contributed by atoms with Gasteiger partial charge < -0.3 is 14.6 Å². The van der Waals surface area contributed by atoms with Gasteiger partial charge in [0.1, 0.15) is 0 Å². The highest BCUT2D eigenvalue weighted by molar-refractivity contribution is 7.89. The molecule has 8 heteroatoms. The van der Waals surface area contributed by atoms with Crippen LogP contribution in [0.25, 0.3) is 0 Å². The van der Waals surface area contributed by atoms with Crippen molar-refractivity contribution in [2.75, 3.05) is 20.8 Å². The normalized spacial score (nSPS) is 17.2. The molecule has 2 aromatic rings. The number of sulfonamides is 1. The van der Waals surface area contributed by atoms with Gasteiger partial charge in [-0.1, -0.05) is 18.2 Å². The van der Waals surface area contributed by atoms with Crippen molar-refractivity contribution in [3.63, 3.8) is 0 Å². The maximum atomic E-state index is 13.1. The fourth-order valence-electron chi connectivity index (χ4n) is 3.40. The lowest BCUT2D eigenvalue weighted by atomic mass is 9.92. The Bertz CT molecular complexity index is 942. The van der Waals surface area contributed by atoms with Crippen molar-refractivity contribution in [3.05, 3.63) is 53.6 Å². The average Bonchev–Trinajstić information content (AvgIpc) is 2.67. The molecule has 27 heavy (non-hydrogen) atoms. The van der Waals surface area contributed by atoms with Crippen LogP contribution in [0.5, 0.6) is 11.5 Å². The number of methoxy groups -OCH3 is 2. The van der Waals surface area contributed by atoms with Crippen molar-refractivity contribution in [3.8, 4) is 11.5 Å². The molecule has 144 valence electrons. The van der Waals surface area contributed by atoms with Crippen LogP contribution in [0.4, 0.5) is 0 Å². The van der Waals surface area contributed by atoms with Gasteiger partial charge in [-0.05, 0) is 41.8 Å². The number of carboxylic acids is 1. The average molecular weight is 391 g/mol. The third-order valence-corrected chi connectivity index (χ3v) is 6.59. The van der Waals surface area contributed by atoms with Crippen molar-refractivity contribution < 1.29 is 27.8 Å². The first-order valence-corrected chi connectivity index (χ1v) is 9.86. The number of rotatable bonds is 6. The summed E-state index contributed by atoms with van der Waals surface area (Å²) in [6.07, 6.45) is 0.117. The molecule has 0 amide bonds. The molecule has 0 spiro atoms. The topological polar surface area (TPSA) is 93.1 Å². The fraction of sp³-hybridized carbons (Fsp3) is 0.316. The smallest absolute Gasteiger partial charge is 0.305 e. The predicted molar refractivity (Wildman–Crippen MR) is 98.6 cm³/mol. The quantitative estimate of drug-likeness (QED) is 0.813. The van der Waals surface area contributed by atoms with E-state index in [1.54, 1.807) is 30.3 Å². The molecule has 0 fully saturated rings. The van der Waals surface area contributed by atoms with Crippen LogP contribution >= 0.6 is 0 Å². The van der Waals surface area contributed by atoms with E-state index in [1.165, 1.54) is 30.7 Å². The Morgan fingerprint density at radius 1 is 1.15 bits per heavy atom. The number of carbonyl (C=O) groups is 1. The molecule has 1 heterocycles. The highest BCUT2D eigenvalue weighted by Crippen LogP contribution is 2.41. The number of hydrogen-bond acceptors (Lipinski definition) is 5. The molecule has 3 rings (SSSR count). The van der Waals surface area contributed by atoms with E-state index in [2.05, 4.69) is 0 Å². The van der Waals surface area contributed by atoms with Gasteiger partial charge in [-0.25, -0.2) is 8.42 Å². The first-order valence-electron chi connectivity index (χ1n) is 8.42. The molecule has 1 aliphatic heterocycles. The number of benzene rings is 2. The molecular weight excluding hydrogens is 370 g/mol. The molecule has 1 aliphatic rings. The standard InChI is InChI=1S/C19H21NO6S/c1-25-17-10-13-8-9-20(27(23,24)14-6-4-3-5-7-14)16(12-19(21)22)15(13)11-18(17)26-2/h3-7,10-11,16H,8-9,12H2,1-2H3,(H,21,22). The van der Waals surface area contributed by atoms with Crippen molar-refractivity contribution in [1.29, 1.82) is 0 Å². The van der Waals surface area contributed by atoms with Gasteiger partial charge in [-0.3, -0.25) is 4.79 Å². The Morgan fingerprint density at radius 3 is 2.37 bits per heavy atom. The molecule has 1 atom stereocenters. The van der Waals surface area contributed by atoms with Gasteiger partial charge in [0.2, 0.25) is 10.0 Å². The van der Waals surface area contributed by atoms with E-state index in [-0.39, 0.29) is 17.9 Å². The molecule has 1 unspecified atom stereocenters. The Kier molecular flexibility index (Phi) is 5.38. The summed E-state index contributed by atoms with van der Waals surface area (Å²) in [4.78, 5) is 11.6. The maximum Gasteiger partial charge on any atom is 0.305 e. The number of nitrogens with zero attached hydrogens (tertiary/aromatic N) is 1. The second kappa shape index (κ2) is 7.58. The van der Waals surface area contributed by atoms with Gasteiger partial charge in [0.05, 0.1) is 31.6 Å². The number of carboxylic acid groups (broad SMARTS) is 1. The largest absolute Gasteiger partial charge is 0.493 e. The second-order valence-corrected chi connectivity index (χ2v) is 8.09. The fourth-order valence-corrected chi connectivity index (χ4v) is 5.02. The number of hydrogen-bond donors (Lipinski definition) is 1. The van der Waals surface area contributed by atoms with E-state index in [0.717, 1.165) is 5.56 Å². The first-order chi connectivity index (χ1) is 12.9. The summed E-state index contributed by atoms with van der Waals surface area (Å²) >= 11 is 0. The lowest BCUT2D eigenvalue weighted by Gasteiger charge is -2.36. The summed E-state index contributed by atoms with van der Waals surface area (Å²) in [6.45, 7) is 0.192. The minimum absolute atomic E-state index is 0.143. The van der Waals surface area contributed by atoms with Crippen LogP contribution in [-0.2, 0) is 21.2 Å². The first kappa shape index (κ1) is 19.2. The summed E-state index contributed by atoms with van der Waals surface area (Å²) < 4.78 is 38.2. The van der Waals surface area contributed by atoms with Crippen molar-refractivity contribution in [1.82, 2.24) is 4.31 Å². The van der Waals surface area contributed by atoms with E-state index >= 15 is 0 Å². The Morgan fingerprint density at radius 2 is 1.78 bits per heavy atom. The van der Waals surface area contributed by atoms with Gasteiger partial charge in [-0.2, -0.15) is 4.31 Å². The van der Waals surface area contributed by atoms with E-state index in [1.807, 2.05) is 0 Å². The zero-order valence-electron chi connectivity index (χ0n) is 15.1. The molecule has 7 nitrogen and oxygen atoms in total. The van der Waals surface area contributed by atoms with Gasteiger partial charge in [-0.15, -0.1) is 0 Å². The molecular formula is C19H21NO6S. The van der Waals surface area contributed by atoms with E-state index in [0.29, 0.717) is 23.5 Å². The summed E-state index contributed by atoms with van der Waals surface area (Å²) in [6, 6.07) is 10.7. The third kappa shape index (κ3) is 3.63. The maximum absolute atomic E-state index is 13.1. The minimum atomic E-state index is -3.84. The summed E-state index contributed by atoms with van der Waals surface area (Å²) in [5.74, 6) is -0.105. The predicted octanol–water partition coefficient (Wildman–Crippen LogP) is 2.47.